The maximum absolute atomic E-state index is 11.4. The Labute approximate surface area is 227 Å². The summed E-state index contributed by atoms with van der Waals surface area (Å²) in [6, 6.07) is 15.1. The summed E-state index contributed by atoms with van der Waals surface area (Å²) in [7, 11) is 1.60. The van der Waals surface area contributed by atoms with Gasteiger partial charge in [0.15, 0.2) is 23.3 Å². The molecule has 1 aromatic heterocycles. The number of hydrogen-bond donors (Lipinski definition) is 3. The second-order valence-electron chi connectivity index (χ2n) is 10.2. The molecule has 9 heteroatoms. The van der Waals surface area contributed by atoms with Gasteiger partial charge in [-0.25, -0.2) is 0 Å². The molecule has 2 aromatic carbocycles. The number of rotatable bonds is 11. The number of carboxylic acid groups (broad SMARTS) is 1. The Morgan fingerprint density at radius 1 is 1.08 bits per heavy atom. The molecule has 1 atom stereocenters. The van der Waals surface area contributed by atoms with Gasteiger partial charge in [-0.2, -0.15) is 0 Å². The van der Waals surface area contributed by atoms with E-state index in [1.165, 1.54) is 27.8 Å². The Morgan fingerprint density at radius 3 is 2.55 bits per heavy atom. The number of halogens is 1. The van der Waals surface area contributed by atoms with Gasteiger partial charge in [-0.15, -0.1) is 0 Å². The van der Waals surface area contributed by atoms with Crippen LogP contribution >= 0.6 is 11.6 Å². The third-order valence-corrected chi connectivity index (χ3v) is 8.03. The first-order valence-corrected chi connectivity index (χ1v) is 13.3. The molecule has 202 valence electrons. The van der Waals surface area contributed by atoms with Crippen LogP contribution in [0.15, 0.2) is 48.5 Å². The van der Waals surface area contributed by atoms with E-state index in [4.69, 9.17) is 21.1 Å². The Hall–Kier alpha value is -3.36. The summed E-state index contributed by atoms with van der Waals surface area (Å²) >= 11 is 6.25. The molecule has 3 aromatic rings. The highest BCUT2D eigenvalue weighted by atomic mass is 35.5. The molecule has 38 heavy (non-hydrogen) atoms. The summed E-state index contributed by atoms with van der Waals surface area (Å²) in [6.07, 6.45) is 3.41. The van der Waals surface area contributed by atoms with Crippen molar-refractivity contribution >= 4 is 17.6 Å². The monoisotopic (exact) mass is 540 g/mol. The number of carboxylic acids is 1. The topological polar surface area (TPSA) is 104 Å². The zero-order valence-electron chi connectivity index (χ0n) is 21.3. The van der Waals surface area contributed by atoms with Crippen molar-refractivity contribution in [2.75, 3.05) is 20.3 Å². The molecule has 1 heterocycles. The first-order valence-electron chi connectivity index (χ1n) is 12.9. The van der Waals surface area contributed by atoms with E-state index in [2.05, 4.69) is 17.0 Å². The molecule has 1 saturated carbocycles. The van der Waals surface area contributed by atoms with Gasteiger partial charge in [0.1, 0.15) is 6.61 Å². The number of hydrogen-bond acceptors (Lipinski definition) is 6. The van der Waals surface area contributed by atoms with Crippen molar-refractivity contribution in [3.05, 3.63) is 70.2 Å². The van der Waals surface area contributed by atoms with Crippen LogP contribution in [0.25, 0.3) is 0 Å². The van der Waals surface area contributed by atoms with Gasteiger partial charge in [-0.1, -0.05) is 23.7 Å². The van der Waals surface area contributed by atoms with Gasteiger partial charge in [-0.05, 0) is 72.6 Å². The normalized spacial score (nSPS) is 20.2. The van der Waals surface area contributed by atoms with E-state index in [9.17, 15) is 20.1 Å². The standard InChI is InChI=1S/C29H33ClN2O6/c1-37-26-14-18(2-7-25(26)38-11-10-32-27(33)8-9-28(32)34)16-31(17-19-12-21(13-19)29(35)36)24-6-3-20-15-22(30)4-5-23(20)24/h2,4-5,7-9,14-15,19,21,24,33-34H,3,6,10-13,16-17H2,1H3,(H,35,36)/t19?,21?,24-/m0/s1. The molecular formula is C29H33ClN2O6. The number of ether oxygens (including phenoxy) is 2. The molecule has 2 aliphatic carbocycles. The van der Waals surface area contributed by atoms with E-state index in [0.29, 0.717) is 36.8 Å². The molecule has 0 unspecified atom stereocenters. The minimum Gasteiger partial charge on any atom is -0.494 e. The second kappa shape index (κ2) is 11.2. The molecule has 1 fully saturated rings. The zero-order valence-corrected chi connectivity index (χ0v) is 22.1. The summed E-state index contributed by atoms with van der Waals surface area (Å²) in [6.45, 7) is 2.06. The van der Waals surface area contributed by atoms with E-state index in [0.717, 1.165) is 30.0 Å². The third-order valence-electron chi connectivity index (χ3n) is 7.79. The lowest BCUT2D eigenvalue weighted by Crippen LogP contribution is -2.40. The summed E-state index contributed by atoms with van der Waals surface area (Å²) in [4.78, 5) is 13.8. The lowest BCUT2D eigenvalue weighted by atomic mass is 9.74. The van der Waals surface area contributed by atoms with Gasteiger partial charge >= 0.3 is 5.97 Å². The number of fused-ring (bicyclic) bond motifs is 1. The zero-order chi connectivity index (χ0) is 26.8. The highest BCUT2D eigenvalue weighted by Gasteiger charge is 2.37. The van der Waals surface area contributed by atoms with Crippen molar-refractivity contribution in [1.82, 2.24) is 9.47 Å². The van der Waals surface area contributed by atoms with Crippen LogP contribution in [0.2, 0.25) is 5.02 Å². The molecule has 0 aliphatic heterocycles. The van der Waals surface area contributed by atoms with E-state index in [-0.39, 0.29) is 36.9 Å². The molecule has 2 aliphatic rings. The van der Waals surface area contributed by atoms with Crippen molar-refractivity contribution in [3.8, 4) is 23.3 Å². The SMILES string of the molecule is COc1cc(CN(CC2CC(C(=O)O)C2)[C@H]2CCc3cc(Cl)ccc32)ccc1OCCn1c(O)ccc1O. The number of methoxy groups -OCH3 is 1. The average molecular weight is 541 g/mol. The molecular weight excluding hydrogens is 508 g/mol. The minimum atomic E-state index is -0.698. The van der Waals surface area contributed by atoms with E-state index in [1.54, 1.807) is 7.11 Å². The minimum absolute atomic E-state index is 0.0228. The predicted octanol–water partition coefficient (Wildman–Crippen LogP) is 5.24. The first-order chi connectivity index (χ1) is 18.3. The van der Waals surface area contributed by atoms with E-state index in [1.807, 2.05) is 24.3 Å². The van der Waals surface area contributed by atoms with Crippen molar-refractivity contribution in [2.45, 2.75) is 44.8 Å². The van der Waals surface area contributed by atoms with Crippen LogP contribution in [0.5, 0.6) is 23.3 Å². The predicted molar refractivity (Wildman–Crippen MR) is 143 cm³/mol. The van der Waals surface area contributed by atoms with Crippen molar-refractivity contribution < 1.29 is 29.6 Å². The molecule has 8 nitrogen and oxygen atoms in total. The second-order valence-corrected chi connectivity index (χ2v) is 10.7. The van der Waals surface area contributed by atoms with Crippen LogP contribution < -0.4 is 9.47 Å². The number of aryl methyl sites for hydroxylation is 1. The van der Waals surface area contributed by atoms with Crippen LogP contribution in [0.3, 0.4) is 0 Å². The first kappa shape index (κ1) is 26.3. The van der Waals surface area contributed by atoms with Crippen LogP contribution in [0.1, 0.15) is 42.0 Å². The fourth-order valence-electron chi connectivity index (χ4n) is 5.75. The average Bonchev–Trinajstić information content (AvgIpc) is 3.43. The molecule has 3 N–H and O–H groups in total. The summed E-state index contributed by atoms with van der Waals surface area (Å²) in [5.41, 5.74) is 3.66. The van der Waals surface area contributed by atoms with Crippen molar-refractivity contribution in [3.63, 3.8) is 0 Å². The summed E-state index contributed by atoms with van der Waals surface area (Å²) in [5.74, 6) is 0.573. The van der Waals surface area contributed by atoms with E-state index >= 15 is 0 Å². The number of aromatic nitrogens is 1. The highest BCUT2D eigenvalue weighted by Crippen LogP contribution is 2.42. The fraction of sp³-hybridized carbons (Fsp3) is 0.414. The molecule has 0 saturated heterocycles. The molecule has 5 rings (SSSR count). The quantitative estimate of drug-likeness (QED) is 0.305. The van der Waals surface area contributed by atoms with Crippen LogP contribution in [-0.2, 0) is 24.3 Å². The number of aromatic hydroxyl groups is 2. The lowest BCUT2D eigenvalue weighted by Gasteiger charge is -2.39. The molecule has 0 spiro atoms. The number of carbonyl (C=O) groups is 1. The van der Waals surface area contributed by atoms with E-state index < -0.39 is 5.97 Å². The van der Waals surface area contributed by atoms with Crippen LogP contribution in [-0.4, -0.2) is 51.0 Å². The third kappa shape index (κ3) is 5.56. The van der Waals surface area contributed by atoms with Crippen LogP contribution in [0.4, 0.5) is 0 Å². The smallest absolute Gasteiger partial charge is 0.306 e. The molecule has 0 radical (unpaired) electrons. The number of aliphatic carboxylic acids is 1. The molecule has 0 bridgehead atoms. The van der Waals surface area contributed by atoms with Crippen molar-refractivity contribution in [2.24, 2.45) is 11.8 Å². The van der Waals surface area contributed by atoms with Gasteiger partial charge in [0.05, 0.1) is 19.6 Å². The van der Waals surface area contributed by atoms with Crippen LogP contribution in [0, 0.1) is 11.8 Å². The maximum Gasteiger partial charge on any atom is 0.306 e. The van der Waals surface area contributed by atoms with Gasteiger partial charge in [0, 0.05) is 36.3 Å². The summed E-state index contributed by atoms with van der Waals surface area (Å²) < 4.78 is 12.9. The fourth-order valence-corrected chi connectivity index (χ4v) is 5.94. The Morgan fingerprint density at radius 2 is 1.84 bits per heavy atom. The highest BCUT2D eigenvalue weighted by molar-refractivity contribution is 6.30. The Bertz CT molecular complexity index is 1280. The van der Waals surface area contributed by atoms with Crippen molar-refractivity contribution in [1.29, 1.82) is 0 Å². The lowest BCUT2D eigenvalue weighted by molar-refractivity contribution is -0.146. The van der Waals surface area contributed by atoms with Gasteiger partial charge in [0.25, 0.3) is 0 Å². The van der Waals surface area contributed by atoms with Gasteiger partial charge in [0.2, 0.25) is 0 Å². The Balaban J connectivity index is 1.30. The largest absolute Gasteiger partial charge is 0.494 e. The Kier molecular flexibility index (Phi) is 7.72. The maximum atomic E-state index is 11.4. The van der Waals surface area contributed by atoms with Gasteiger partial charge in [-0.3, -0.25) is 14.3 Å². The van der Waals surface area contributed by atoms with Gasteiger partial charge < -0.3 is 24.8 Å². The molecule has 0 amide bonds. The number of nitrogens with zero attached hydrogens (tertiary/aromatic N) is 2. The number of benzene rings is 2. The summed E-state index contributed by atoms with van der Waals surface area (Å²) in [5, 5.41) is 29.7.